The number of piperidine rings is 1. The summed E-state index contributed by atoms with van der Waals surface area (Å²) in [5.74, 6) is 0. The van der Waals surface area contributed by atoms with E-state index in [1.54, 1.807) is 24.3 Å². The maximum atomic E-state index is 12.5. The summed E-state index contributed by atoms with van der Waals surface area (Å²) in [6.07, 6.45) is 2.54. The molecule has 2 rings (SSSR count). The van der Waals surface area contributed by atoms with Crippen molar-refractivity contribution in [3.63, 3.8) is 0 Å². The smallest absolute Gasteiger partial charge is 0.243 e. The highest BCUT2D eigenvalue weighted by molar-refractivity contribution is 9.10. The first-order valence-corrected chi connectivity index (χ1v) is 8.17. The number of hydrogen-bond donors (Lipinski definition) is 1. The van der Waals surface area contributed by atoms with Crippen molar-refractivity contribution in [2.45, 2.75) is 30.2 Å². The quantitative estimate of drug-likeness (QED) is 0.920. The second-order valence-corrected chi connectivity index (χ2v) is 7.21. The van der Waals surface area contributed by atoms with Gasteiger partial charge in [-0.2, -0.15) is 4.31 Å². The lowest BCUT2D eigenvalue weighted by atomic mass is 10.1. The Kier molecular flexibility index (Phi) is 4.42. The summed E-state index contributed by atoms with van der Waals surface area (Å²) in [5.41, 5.74) is 0. The molecule has 1 aliphatic rings. The number of aliphatic hydroxyl groups excluding tert-OH is 1. The van der Waals surface area contributed by atoms with Crippen LogP contribution in [0.4, 0.5) is 0 Å². The Morgan fingerprint density at radius 1 is 1.39 bits per heavy atom. The molecule has 0 bridgehead atoms. The van der Waals surface area contributed by atoms with Gasteiger partial charge in [-0.1, -0.05) is 28.4 Å². The molecule has 0 radical (unpaired) electrons. The third-order valence-electron chi connectivity index (χ3n) is 3.19. The zero-order valence-corrected chi connectivity index (χ0v) is 12.3. The Balaban J connectivity index is 2.35. The minimum Gasteiger partial charge on any atom is -0.395 e. The molecule has 1 N–H and O–H groups in total. The zero-order chi connectivity index (χ0) is 13.2. The summed E-state index contributed by atoms with van der Waals surface area (Å²) in [6, 6.07) is 6.39. The monoisotopic (exact) mass is 333 g/mol. The van der Waals surface area contributed by atoms with Gasteiger partial charge in [-0.05, 0) is 31.0 Å². The van der Waals surface area contributed by atoms with Crippen LogP contribution in [0.5, 0.6) is 0 Å². The molecule has 1 unspecified atom stereocenters. The molecule has 1 atom stereocenters. The van der Waals surface area contributed by atoms with E-state index in [0.29, 0.717) is 6.54 Å². The molecule has 0 amide bonds. The van der Waals surface area contributed by atoms with Gasteiger partial charge in [0.1, 0.15) is 0 Å². The van der Waals surface area contributed by atoms with Crippen LogP contribution in [0.25, 0.3) is 0 Å². The normalized spacial score (nSPS) is 22.0. The van der Waals surface area contributed by atoms with Crippen LogP contribution >= 0.6 is 15.9 Å². The second kappa shape index (κ2) is 5.69. The molecule has 1 fully saturated rings. The largest absolute Gasteiger partial charge is 0.395 e. The maximum Gasteiger partial charge on any atom is 0.243 e. The molecular weight excluding hydrogens is 318 g/mol. The van der Waals surface area contributed by atoms with Crippen LogP contribution in [0, 0.1) is 0 Å². The maximum absolute atomic E-state index is 12.5. The number of rotatable bonds is 3. The highest BCUT2D eigenvalue weighted by atomic mass is 79.9. The van der Waals surface area contributed by atoms with Gasteiger partial charge in [0.2, 0.25) is 10.0 Å². The summed E-state index contributed by atoms with van der Waals surface area (Å²) in [5, 5.41) is 9.31. The van der Waals surface area contributed by atoms with Gasteiger partial charge in [0.25, 0.3) is 0 Å². The lowest BCUT2D eigenvalue weighted by Crippen LogP contribution is -2.45. The molecule has 18 heavy (non-hydrogen) atoms. The van der Waals surface area contributed by atoms with Crippen molar-refractivity contribution in [1.29, 1.82) is 0 Å². The first-order chi connectivity index (χ1) is 8.55. The fourth-order valence-electron chi connectivity index (χ4n) is 2.24. The predicted molar refractivity (Wildman–Crippen MR) is 72.8 cm³/mol. The van der Waals surface area contributed by atoms with Crippen LogP contribution in [0.2, 0.25) is 0 Å². The average Bonchev–Trinajstić information content (AvgIpc) is 2.38. The Labute approximate surface area is 116 Å². The van der Waals surface area contributed by atoms with Crippen molar-refractivity contribution in [3.05, 3.63) is 28.7 Å². The first-order valence-electron chi connectivity index (χ1n) is 5.94. The molecule has 1 aliphatic heterocycles. The molecule has 1 saturated heterocycles. The van der Waals surface area contributed by atoms with Gasteiger partial charge in [0.05, 0.1) is 11.5 Å². The van der Waals surface area contributed by atoms with Crippen molar-refractivity contribution in [3.8, 4) is 0 Å². The summed E-state index contributed by atoms with van der Waals surface area (Å²) < 4.78 is 27.2. The Hall–Kier alpha value is -0.430. The lowest BCUT2D eigenvalue weighted by Gasteiger charge is -2.33. The molecule has 4 nitrogen and oxygen atoms in total. The third-order valence-corrected chi connectivity index (χ3v) is 5.63. The summed E-state index contributed by atoms with van der Waals surface area (Å²) in [6.45, 7) is 0.368. The van der Waals surface area contributed by atoms with Gasteiger partial charge < -0.3 is 5.11 Å². The van der Waals surface area contributed by atoms with Crippen molar-refractivity contribution in [2.24, 2.45) is 0 Å². The Morgan fingerprint density at radius 3 is 2.83 bits per heavy atom. The van der Waals surface area contributed by atoms with E-state index < -0.39 is 10.0 Å². The minimum absolute atomic E-state index is 0.118. The molecule has 1 aromatic rings. The SMILES string of the molecule is O=S(=O)(c1cccc(Br)c1)N1CCCCC1CO. The van der Waals surface area contributed by atoms with Crippen molar-refractivity contribution in [1.82, 2.24) is 4.31 Å². The van der Waals surface area contributed by atoms with Gasteiger partial charge in [0, 0.05) is 17.1 Å². The van der Waals surface area contributed by atoms with Crippen molar-refractivity contribution >= 4 is 26.0 Å². The molecule has 0 spiro atoms. The molecule has 1 aromatic carbocycles. The standard InChI is InChI=1S/C12H16BrNO3S/c13-10-4-3-6-12(8-10)18(16,17)14-7-2-1-5-11(14)9-15/h3-4,6,8,11,15H,1-2,5,7,9H2. The average molecular weight is 334 g/mol. The fourth-order valence-corrected chi connectivity index (χ4v) is 4.52. The van der Waals surface area contributed by atoms with E-state index in [0.717, 1.165) is 23.7 Å². The molecule has 6 heteroatoms. The second-order valence-electron chi connectivity index (χ2n) is 4.41. The Bertz CT molecular complexity index is 518. The molecule has 100 valence electrons. The number of nitrogens with zero attached hydrogens (tertiary/aromatic N) is 1. The number of aliphatic hydroxyl groups is 1. The zero-order valence-electron chi connectivity index (χ0n) is 9.92. The first kappa shape index (κ1) is 14.0. The van der Waals surface area contributed by atoms with Gasteiger partial charge in [0.15, 0.2) is 0 Å². The van der Waals surface area contributed by atoms with Gasteiger partial charge in [-0.3, -0.25) is 0 Å². The number of benzene rings is 1. The number of sulfonamides is 1. The predicted octanol–water partition coefficient (Wildman–Crippen LogP) is 1.98. The van der Waals surface area contributed by atoms with Gasteiger partial charge in [-0.25, -0.2) is 8.42 Å². The minimum atomic E-state index is -3.50. The molecule has 0 aromatic heterocycles. The van der Waals surface area contributed by atoms with E-state index in [1.807, 2.05) is 0 Å². The fraction of sp³-hybridized carbons (Fsp3) is 0.500. The summed E-state index contributed by atoms with van der Waals surface area (Å²) >= 11 is 3.28. The number of hydrogen-bond acceptors (Lipinski definition) is 3. The van der Waals surface area contributed by atoms with E-state index in [-0.39, 0.29) is 17.5 Å². The van der Waals surface area contributed by atoms with E-state index in [1.165, 1.54) is 4.31 Å². The highest BCUT2D eigenvalue weighted by Crippen LogP contribution is 2.26. The molecule has 0 aliphatic carbocycles. The topological polar surface area (TPSA) is 57.6 Å². The molecule has 0 saturated carbocycles. The summed E-state index contributed by atoms with van der Waals surface area (Å²) in [7, 11) is -3.50. The van der Waals surface area contributed by atoms with Gasteiger partial charge >= 0.3 is 0 Å². The van der Waals surface area contributed by atoms with E-state index in [4.69, 9.17) is 0 Å². The van der Waals surface area contributed by atoms with E-state index in [9.17, 15) is 13.5 Å². The Morgan fingerprint density at radius 2 is 2.17 bits per heavy atom. The number of halogens is 1. The van der Waals surface area contributed by atoms with Crippen molar-refractivity contribution < 1.29 is 13.5 Å². The molecular formula is C12H16BrNO3S. The van der Waals surface area contributed by atoms with E-state index >= 15 is 0 Å². The van der Waals surface area contributed by atoms with E-state index in [2.05, 4.69) is 15.9 Å². The van der Waals surface area contributed by atoms with Crippen LogP contribution < -0.4 is 0 Å². The molecule has 1 heterocycles. The van der Waals surface area contributed by atoms with Crippen molar-refractivity contribution in [2.75, 3.05) is 13.2 Å². The van der Waals surface area contributed by atoms with Crippen LogP contribution in [0.3, 0.4) is 0 Å². The van der Waals surface area contributed by atoms with Gasteiger partial charge in [-0.15, -0.1) is 0 Å². The summed E-state index contributed by atoms with van der Waals surface area (Å²) in [4.78, 5) is 0.275. The highest BCUT2D eigenvalue weighted by Gasteiger charge is 2.32. The van der Waals surface area contributed by atoms with Crippen LogP contribution in [-0.2, 0) is 10.0 Å². The van der Waals surface area contributed by atoms with Crippen LogP contribution in [0.15, 0.2) is 33.6 Å². The lowest BCUT2D eigenvalue weighted by molar-refractivity contribution is 0.155. The van der Waals surface area contributed by atoms with Crippen LogP contribution in [0.1, 0.15) is 19.3 Å². The third kappa shape index (κ3) is 2.77. The van der Waals surface area contributed by atoms with Crippen LogP contribution in [-0.4, -0.2) is 37.0 Å².